The highest BCUT2D eigenvalue weighted by atomic mass is 35.5. The van der Waals surface area contributed by atoms with Crippen LogP contribution in [0.25, 0.3) is 11.1 Å². The van der Waals surface area contributed by atoms with Crippen molar-refractivity contribution in [3.8, 4) is 11.1 Å². The van der Waals surface area contributed by atoms with Crippen LogP contribution in [0.2, 0.25) is 0 Å². The quantitative estimate of drug-likeness (QED) is 0.811. The maximum absolute atomic E-state index is 11.9. The van der Waals surface area contributed by atoms with Gasteiger partial charge in [0, 0.05) is 19.7 Å². The van der Waals surface area contributed by atoms with Gasteiger partial charge in [0.15, 0.2) is 0 Å². The number of rotatable bonds is 2. The fourth-order valence-corrected chi connectivity index (χ4v) is 1.72. The number of amides is 1. The van der Waals surface area contributed by atoms with Crippen LogP contribution in [-0.4, -0.2) is 24.9 Å². The Morgan fingerprint density at radius 1 is 0.889 bits per heavy atom. The third kappa shape index (κ3) is 3.11. The molecule has 0 saturated carbocycles. The van der Waals surface area contributed by atoms with Gasteiger partial charge in [0.25, 0.3) is 5.91 Å². The van der Waals surface area contributed by atoms with Crippen molar-refractivity contribution >= 4 is 18.3 Å². The van der Waals surface area contributed by atoms with Gasteiger partial charge in [-0.3, -0.25) is 4.79 Å². The van der Waals surface area contributed by atoms with E-state index in [0.717, 1.165) is 16.7 Å². The Kier molecular flexibility index (Phi) is 4.93. The fourth-order valence-electron chi connectivity index (χ4n) is 1.72. The molecular formula is C15H16ClNO. The third-order valence-corrected chi connectivity index (χ3v) is 2.62. The van der Waals surface area contributed by atoms with Crippen LogP contribution in [0.3, 0.4) is 0 Å². The first-order valence-corrected chi connectivity index (χ1v) is 5.55. The fraction of sp³-hybridized carbons (Fsp3) is 0.133. The number of hydrogen-bond acceptors (Lipinski definition) is 1. The van der Waals surface area contributed by atoms with Crippen LogP contribution in [0.4, 0.5) is 0 Å². The average molecular weight is 262 g/mol. The summed E-state index contributed by atoms with van der Waals surface area (Å²) in [6, 6.07) is 17.8. The summed E-state index contributed by atoms with van der Waals surface area (Å²) in [6.45, 7) is 0. The van der Waals surface area contributed by atoms with Gasteiger partial charge < -0.3 is 4.90 Å². The predicted octanol–water partition coefficient (Wildman–Crippen LogP) is 3.48. The SMILES string of the molecule is CN(C)C(=O)c1cccc(-c2ccccc2)c1.Cl. The van der Waals surface area contributed by atoms with Gasteiger partial charge in [-0.05, 0) is 23.3 Å². The lowest BCUT2D eigenvalue weighted by atomic mass is 10.0. The normalized spacial score (nSPS) is 9.44. The molecule has 2 aromatic carbocycles. The van der Waals surface area contributed by atoms with Crippen molar-refractivity contribution < 1.29 is 4.79 Å². The standard InChI is InChI=1S/C15H15NO.ClH/c1-16(2)15(17)14-10-6-9-13(11-14)12-7-4-3-5-8-12;/h3-11H,1-2H3;1H. The van der Waals surface area contributed by atoms with Crippen LogP contribution >= 0.6 is 12.4 Å². The van der Waals surface area contributed by atoms with E-state index in [0.29, 0.717) is 0 Å². The van der Waals surface area contributed by atoms with E-state index in [1.165, 1.54) is 0 Å². The molecule has 0 N–H and O–H groups in total. The molecule has 0 aliphatic carbocycles. The minimum absolute atomic E-state index is 0. The van der Waals surface area contributed by atoms with Gasteiger partial charge in [-0.25, -0.2) is 0 Å². The molecule has 0 bridgehead atoms. The van der Waals surface area contributed by atoms with Gasteiger partial charge in [-0.1, -0.05) is 42.5 Å². The molecule has 94 valence electrons. The van der Waals surface area contributed by atoms with E-state index in [9.17, 15) is 4.79 Å². The maximum atomic E-state index is 11.9. The Balaban J connectivity index is 0.00000162. The first kappa shape index (κ1) is 14.3. The van der Waals surface area contributed by atoms with Crippen LogP contribution in [0.15, 0.2) is 54.6 Å². The highest BCUT2D eigenvalue weighted by molar-refractivity contribution is 5.95. The first-order chi connectivity index (χ1) is 8.18. The molecule has 0 aliphatic rings. The highest BCUT2D eigenvalue weighted by Crippen LogP contribution is 2.20. The van der Waals surface area contributed by atoms with Crippen molar-refractivity contribution in [1.82, 2.24) is 4.90 Å². The number of benzene rings is 2. The van der Waals surface area contributed by atoms with Gasteiger partial charge in [-0.2, -0.15) is 0 Å². The number of nitrogens with zero attached hydrogens (tertiary/aromatic N) is 1. The van der Waals surface area contributed by atoms with Gasteiger partial charge in [0.2, 0.25) is 0 Å². The second-order valence-electron chi connectivity index (χ2n) is 4.15. The van der Waals surface area contributed by atoms with Crippen LogP contribution in [-0.2, 0) is 0 Å². The summed E-state index contributed by atoms with van der Waals surface area (Å²) in [5.41, 5.74) is 2.91. The summed E-state index contributed by atoms with van der Waals surface area (Å²) in [6.07, 6.45) is 0. The van der Waals surface area contributed by atoms with E-state index < -0.39 is 0 Å². The summed E-state index contributed by atoms with van der Waals surface area (Å²) in [7, 11) is 3.52. The summed E-state index contributed by atoms with van der Waals surface area (Å²) >= 11 is 0. The molecular weight excluding hydrogens is 246 g/mol. The number of hydrogen-bond donors (Lipinski definition) is 0. The van der Waals surface area contributed by atoms with Crippen molar-refractivity contribution in [3.05, 3.63) is 60.2 Å². The van der Waals surface area contributed by atoms with Crippen LogP contribution in [0.1, 0.15) is 10.4 Å². The summed E-state index contributed by atoms with van der Waals surface area (Å²) in [5.74, 6) is 0.0304. The molecule has 18 heavy (non-hydrogen) atoms. The lowest BCUT2D eigenvalue weighted by Crippen LogP contribution is -2.21. The van der Waals surface area contributed by atoms with Crippen LogP contribution in [0, 0.1) is 0 Å². The summed E-state index contributed by atoms with van der Waals surface area (Å²) in [5, 5.41) is 0. The lowest BCUT2D eigenvalue weighted by molar-refractivity contribution is 0.0827. The summed E-state index contributed by atoms with van der Waals surface area (Å²) < 4.78 is 0. The molecule has 3 heteroatoms. The number of halogens is 1. The Bertz CT molecular complexity index is 523. The van der Waals surface area contributed by atoms with E-state index >= 15 is 0 Å². The van der Waals surface area contributed by atoms with Crippen molar-refractivity contribution in [3.63, 3.8) is 0 Å². The zero-order valence-electron chi connectivity index (χ0n) is 10.5. The molecule has 0 aromatic heterocycles. The Morgan fingerprint density at radius 3 is 2.11 bits per heavy atom. The first-order valence-electron chi connectivity index (χ1n) is 5.55. The van der Waals surface area contributed by atoms with Gasteiger partial charge in [0.05, 0.1) is 0 Å². The molecule has 0 spiro atoms. The Labute approximate surface area is 114 Å². The zero-order valence-corrected chi connectivity index (χ0v) is 11.3. The number of carbonyl (C=O) groups is 1. The molecule has 0 aliphatic heterocycles. The Hall–Kier alpha value is -1.80. The topological polar surface area (TPSA) is 20.3 Å². The molecule has 0 unspecified atom stereocenters. The molecule has 1 amide bonds. The van der Waals surface area contributed by atoms with Crippen molar-refractivity contribution in [2.75, 3.05) is 14.1 Å². The molecule has 0 heterocycles. The molecule has 0 radical (unpaired) electrons. The highest BCUT2D eigenvalue weighted by Gasteiger charge is 2.08. The molecule has 0 fully saturated rings. The largest absolute Gasteiger partial charge is 0.345 e. The van der Waals surface area contributed by atoms with E-state index in [-0.39, 0.29) is 18.3 Å². The molecule has 0 atom stereocenters. The van der Waals surface area contributed by atoms with Crippen molar-refractivity contribution in [2.45, 2.75) is 0 Å². The second kappa shape index (κ2) is 6.22. The zero-order chi connectivity index (χ0) is 12.3. The molecule has 2 aromatic rings. The van der Waals surface area contributed by atoms with E-state index in [1.54, 1.807) is 19.0 Å². The minimum atomic E-state index is 0. The van der Waals surface area contributed by atoms with Crippen molar-refractivity contribution in [2.24, 2.45) is 0 Å². The van der Waals surface area contributed by atoms with Gasteiger partial charge in [0.1, 0.15) is 0 Å². The Morgan fingerprint density at radius 2 is 1.50 bits per heavy atom. The van der Waals surface area contributed by atoms with Gasteiger partial charge in [-0.15, -0.1) is 12.4 Å². The van der Waals surface area contributed by atoms with E-state index in [1.807, 2.05) is 54.6 Å². The molecule has 2 nitrogen and oxygen atoms in total. The van der Waals surface area contributed by atoms with Crippen LogP contribution < -0.4 is 0 Å². The molecule has 2 rings (SSSR count). The molecule has 0 saturated heterocycles. The number of carbonyl (C=O) groups excluding carboxylic acids is 1. The van der Waals surface area contributed by atoms with Crippen molar-refractivity contribution in [1.29, 1.82) is 0 Å². The predicted molar refractivity (Wildman–Crippen MR) is 77.1 cm³/mol. The van der Waals surface area contributed by atoms with Crippen LogP contribution in [0.5, 0.6) is 0 Å². The maximum Gasteiger partial charge on any atom is 0.253 e. The third-order valence-electron chi connectivity index (χ3n) is 2.62. The average Bonchev–Trinajstić information content (AvgIpc) is 2.39. The van der Waals surface area contributed by atoms with E-state index in [2.05, 4.69) is 0 Å². The monoisotopic (exact) mass is 261 g/mol. The lowest BCUT2D eigenvalue weighted by Gasteiger charge is -2.11. The second-order valence-corrected chi connectivity index (χ2v) is 4.15. The minimum Gasteiger partial charge on any atom is -0.345 e. The van der Waals surface area contributed by atoms with E-state index in [4.69, 9.17) is 0 Å². The smallest absolute Gasteiger partial charge is 0.253 e. The summed E-state index contributed by atoms with van der Waals surface area (Å²) in [4.78, 5) is 13.4. The van der Waals surface area contributed by atoms with Gasteiger partial charge >= 0.3 is 0 Å².